The lowest BCUT2D eigenvalue weighted by atomic mass is 10.3. The van der Waals surface area contributed by atoms with Gasteiger partial charge >= 0.3 is 0 Å². The quantitative estimate of drug-likeness (QED) is 0.895. The Morgan fingerprint density at radius 1 is 1.53 bits per heavy atom. The third-order valence-electron chi connectivity index (χ3n) is 2.33. The number of hydrogen-bond donors (Lipinski definition) is 2. The number of benzene rings is 1. The second-order valence-corrected chi connectivity index (χ2v) is 5.09. The molecule has 0 radical (unpaired) electrons. The van der Waals surface area contributed by atoms with E-state index in [1.54, 1.807) is 37.4 Å². The van der Waals surface area contributed by atoms with Crippen LogP contribution in [0.15, 0.2) is 34.9 Å². The molecule has 0 aliphatic rings. The number of carbonyl (C=O) groups is 1. The van der Waals surface area contributed by atoms with Crippen molar-refractivity contribution in [1.29, 1.82) is 0 Å². The molecule has 1 aromatic carbocycles. The number of amides is 1. The number of hydrogen-bond acceptors (Lipinski definition) is 3. The molecule has 0 aliphatic heterocycles. The Kier molecular flexibility index (Phi) is 4.44. The summed E-state index contributed by atoms with van der Waals surface area (Å²) in [6, 6.07) is 6.76. The fourth-order valence-corrected chi connectivity index (χ4v) is 2.15. The first-order chi connectivity index (χ1) is 9.06. The third kappa shape index (κ3) is 3.71. The first-order valence-electron chi connectivity index (χ1n) is 5.48. The van der Waals surface area contributed by atoms with Crippen LogP contribution in [-0.2, 0) is 4.79 Å². The van der Waals surface area contributed by atoms with Crippen molar-refractivity contribution in [3.63, 3.8) is 0 Å². The molecule has 1 aromatic heterocycles. The Labute approximate surface area is 123 Å². The van der Waals surface area contributed by atoms with Crippen molar-refractivity contribution < 1.29 is 9.53 Å². The fourth-order valence-electron chi connectivity index (χ4n) is 1.37. The number of nitrogens with zero attached hydrogens (tertiary/aromatic N) is 1. The van der Waals surface area contributed by atoms with Crippen LogP contribution in [0.2, 0.25) is 5.02 Å². The highest BCUT2D eigenvalue weighted by atomic mass is 79.9. The van der Waals surface area contributed by atoms with E-state index in [9.17, 15) is 4.79 Å². The molecule has 0 saturated carbocycles. The van der Waals surface area contributed by atoms with Gasteiger partial charge in [0, 0.05) is 11.1 Å². The number of rotatable bonds is 4. The fraction of sp³-hybridized carbons (Fsp3) is 0.167. The first-order valence-corrected chi connectivity index (χ1v) is 6.65. The number of ether oxygens (including phenoxy) is 1. The van der Waals surface area contributed by atoms with Gasteiger partial charge in [0.05, 0.1) is 10.7 Å². The Hall–Kier alpha value is -1.53. The molecule has 0 saturated heterocycles. The van der Waals surface area contributed by atoms with Gasteiger partial charge in [-0.15, -0.1) is 0 Å². The van der Waals surface area contributed by atoms with E-state index in [1.807, 2.05) is 0 Å². The molecule has 2 rings (SSSR count). The standard InChI is InChI=1S/C12H11BrClN3O2/c1-7(12(18)16-11-4-5-15-17-11)19-10-3-2-8(14)6-9(10)13/h2-7H,1H3,(H2,15,16,17,18). The highest BCUT2D eigenvalue weighted by Crippen LogP contribution is 2.28. The van der Waals surface area contributed by atoms with Crippen molar-refractivity contribution in [3.8, 4) is 5.75 Å². The van der Waals surface area contributed by atoms with Gasteiger partial charge in [-0.3, -0.25) is 9.89 Å². The minimum absolute atomic E-state index is 0.272. The highest BCUT2D eigenvalue weighted by molar-refractivity contribution is 9.10. The van der Waals surface area contributed by atoms with Gasteiger partial charge in [0.2, 0.25) is 0 Å². The zero-order valence-electron chi connectivity index (χ0n) is 9.98. The molecule has 1 unspecified atom stereocenters. The van der Waals surface area contributed by atoms with Crippen LogP contribution in [0.5, 0.6) is 5.75 Å². The van der Waals surface area contributed by atoms with Crippen LogP contribution in [-0.4, -0.2) is 22.2 Å². The molecule has 7 heteroatoms. The Morgan fingerprint density at radius 2 is 2.32 bits per heavy atom. The number of nitrogens with one attached hydrogen (secondary N) is 2. The van der Waals surface area contributed by atoms with Crippen LogP contribution in [0.1, 0.15) is 6.92 Å². The molecule has 100 valence electrons. The lowest BCUT2D eigenvalue weighted by Crippen LogP contribution is -2.30. The average molecular weight is 345 g/mol. The van der Waals surface area contributed by atoms with Crippen LogP contribution >= 0.6 is 27.5 Å². The minimum atomic E-state index is -0.652. The molecular formula is C12H11BrClN3O2. The minimum Gasteiger partial charge on any atom is -0.480 e. The summed E-state index contributed by atoms with van der Waals surface area (Å²) in [5, 5.41) is 9.62. The number of carbonyl (C=O) groups excluding carboxylic acids is 1. The van der Waals surface area contributed by atoms with Gasteiger partial charge in [-0.05, 0) is 41.1 Å². The summed E-state index contributed by atoms with van der Waals surface area (Å²) in [4.78, 5) is 11.9. The molecule has 5 nitrogen and oxygen atoms in total. The van der Waals surface area contributed by atoms with E-state index >= 15 is 0 Å². The van der Waals surface area contributed by atoms with Gasteiger partial charge in [-0.1, -0.05) is 11.6 Å². The zero-order valence-corrected chi connectivity index (χ0v) is 12.3. The van der Waals surface area contributed by atoms with Gasteiger partial charge in [-0.25, -0.2) is 0 Å². The Balaban J connectivity index is 2.00. The highest BCUT2D eigenvalue weighted by Gasteiger charge is 2.16. The van der Waals surface area contributed by atoms with E-state index in [0.717, 1.165) is 0 Å². The molecule has 2 aromatic rings. The topological polar surface area (TPSA) is 67.0 Å². The lowest BCUT2D eigenvalue weighted by molar-refractivity contribution is -0.122. The Morgan fingerprint density at radius 3 is 2.95 bits per heavy atom. The van der Waals surface area contributed by atoms with Gasteiger partial charge in [0.15, 0.2) is 6.10 Å². The normalized spacial score (nSPS) is 11.9. The average Bonchev–Trinajstić information content (AvgIpc) is 2.85. The van der Waals surface area contributed by atoms with E-state index in [0.29, 0.717) is 21.1 Å². The number of H-pyrrole nitrogens is 1. The SMILES string of the molecule is CC(Oc1ccc(Cl)cc1Br)C(=O)Nc1ccn[nH]1. The summed E-state index contributed by atoms with van der Waals surface area (Å²) in [6.45, 7) is 1.66. The summed E-state index contributed by atoms with van der Waals surface area (Å²) in [7, 11) is 0. The van der Waals surface area contributed by atoms with Gasteiger partial charge < -0.3 is 10.1 Å². The van der Waals surface area contributed by atoms with Crippen molar-refractivity contribution in [1.82, 2.24) is 10.2 Å². The molecule has 0 fully saturated rings. The van der Waals surface area contributed by atoms with Crippen LogP contribution in [0.25, 0.3) is 0 Å². The van der Waals surface area contributed by atoms with Crippen LogP contribution < -0.4 is 10.1 Å². The van der Waals surface area contributed by atoms with E-state index < -0.39 is 6.10 Å². The summed E-state index contributed by atoms with van der Waals surface area (Å²) in [5.74, 6) is 0.804. The molecule has 1 amide bonds. The molecule has 1 heterocycles. The van der Waals surface area contributed by atoms with Crippen molar-refractivity contribution in [2.24, 2.45) is 0 Å². The van der Waals surface area contributed by atoms with Gasteiger partial charge in [0.1, 0.15) is 11.6 Å². The van der Waals surface area contributed by atoms with E-state index in [2.05, 4.69) is 31.4 Å². The maximum absolute atomic E-state index is 11.9. The van der Waals surface area contributed by atoms with Crippen LogP contribution in [0, 0.1) is 0 Å². The van der Waals surface area contributed by atoms with E-state index in [1.165, 1.54) is 0 Å². The van der Waals surface area contributed by atoms with Crippen molar-refractivity contribution in [2.75, 3.05) is 5.32 Å². The molecule has 0 aliphatic carbocycles. The maximum atomic E-state index is 11.9. The summed E-state index contributed by atoms with van der Waals surface area (Å²) in [6.07, 6.45) is 0.900. The third-order valence-corrected chi connectivity index (χ3v) is 3.18. The number of aromatic amines is 1. The molecule has 1 atom stereocenters. The molecule has 2 N–H and O–H groups in total. The molecule has 0 bridgehead atoms. The van der Waals surface area contributed by atoms with Crippen LogP contribution in [0.3, 0.4) is 0 Å². The smallest absolute Gasteiger partial charge is 0.266 e. The number of aromatic nitrogens is 2. The predicted molar refractivity (Wildman–Crippen MR) is 76.5 cm³/mol. The number of halogens is 2. The summed E-state index contributed by atoms with van der Waals surface area (Å²) < 4.78 is 6.25. The summed E-state index contributed by atoms with van der Waals surface area (Å²) >= 11 is 9.16. The van der Waals surface area contributed by atoms with E-state index in [4.69, 9.17) is 16.3 Å². The monoisotopic (exact) mass is 343 g/mol. The van der Waals surface area contributed by atoms with Gasteiger partial charge in [0.25, 0.3) is 5.91 Å². The number of anilines is 1. The predicted octanol–water partition coefficient (Wildman–Crippen LogP) is 3.23. The first kappa shape index (κ1) is 13.9. The molecule has 19 heavy (non-hydrogen) atoms. The Bertz CT molecular complexity index is 574. The van der Waals surface area contributed by atoms with Crippen molar-refractivity contribution >= 4 is 39.3 Å². The zero-order chi connectivity index (χ0) is 13.8. The van der Waals surface area contributed by atoms with Gasteiger partial charge in [-0.2, -0.15) is 5.10 Å². The molecule has 0 spiro atoms. The molecular weight excluding hydrogens is 334 g/mol. The van der Waals surface area contributed by atoms with Crippen LogP contribution in [0.4, 0.5) is 5.82 Å². The second-order valence-electron chi connectivity index (χ2n) is 3.79. The van der Waals surface area contributed by atoms with Crippen molar-refractivity contribution in [2.45, 2.75) is 13.0 Å². The lowest BCUT2D eigenvalue weighted by Gasteiger charge is -2.15. The largest absolute Gasteiger partial charge is 0.480 e. The maximum Gasteiger partial charge on any atom is 0.266 e. The summed E-state index contributed by atoms with van der Waals surface area (Å²) in [5.41, 5.74) is 0. The second kappa shape index (κ2) is 6.08. The van der Waals surface area contributed by atoms with E-state index in [-0.39, 0.29) is 5.91 Å². The van der Waals surface area contributed by atoms with Crippen molar-refractivity contribution in [3.05, 3.63) is 40.0 Å².